The van der Waals surface area contributed by atoms with E-state index in [9.17, 15) is 9.59 Å². The highest BCUT2D eigenvalue weighted by Crippen LogP contribution is 2.14. The molecule has 0 spiro atoms. The standard InChI is InChI=1S/C17H15N3O3/c1-3-23-17(22)13-9-14-15(19-11(13)2)16(21)20(10-18-14)12-7-5-4-6-8-12/h4-10H,3H2,1-2H3. The van der Waals surface area contributed by atoms with E-state index in [-0.39, 0.29) is 17.7 Å². The number of hydrogen-bond acceptors (Lipinski definition) is 5. The first kappa shape index (κ1) is 14.9. The van der Waals surface area contributed by atoms with E-state index in [0.717, 1.165) is 0 Å². The first-order valence-electron chi connectivity index (χ1n) is 7.23. The van der Waals surface area contributed by atoms with Crippen LogP contribution >= 0.6 is 0 Å². The van der Waals surface area contributed by atoms with Crippen LogP contribution in [0.4, 0.5) is 0 Å². The fourth-order valence-corrected chi connectivity index (χ4v) is 2.32. The molecule has 2 aromatic heterocycles. The van der Waals surface area contributed by atoms with Crippen LogP contribution in [0.5, 0.6) is 0 Å². The van der Waals surface area contributed by atoms with E-state index in [2.05, 4.69) is 9.97 Å². The van der Waals surface area contributed by atoms with Gasteiger partial charge < -0.3 is 4.74 Å². The van der Waals surface area contributed by atoms with E-state index in [1.807, 2.05) is 30.3 Å². The molecule has 0 atom stereocenters. The van der Waals surface area contributed by atoms with Crippen molar-refractivity contribution in [2.75, 3.05) is 6.61 Å². The lowest BCUT2D eigenvalue weighted by Gasteiger charge is -2.09. The summed E-state index contributed by atoms with van der Waals surface area (Å²) in [6, 6.07) is 10.7. The maximum Gasteiger partial charge on any atom is 0.340 e. The summed E-state index contributed by atoms with van der Waals surface area (Å²) in [7, 11) is 0. The van der Waals surface area contributed by atoms with Gasteiger partial charge in [0.25, 0.3) is 5.56 Å². The van der Waals surface area contributed by atoms with Crippen molar-refractivity contribution in [1.29, 1.82) is 0 Å². The van der Waals surface area contributed by atoms with Crippen LogP contribution in [0.3, 0.4) is 0 Å². The van der Waals surface area contributed by atoms with Gasteiger partial charge in [-0.15, -0.1) is 0 Å². The van der Waals surface area contributed by atoms with Crippen LogP contribution in [0.1, 0.15) is 23.0 Å². The van der Waals surface area contributed by atoms with Crippen molar-refractivity contribution >= 4 is 17.0 Å². The average molecular weight is 309 g/mol. The molecule has 0 radical (unpaired) electrons. The number of hydrogen-bond donors (Lipinski definition) is 0. The molecule has 23 heavy (non-hydrogen) atoms. The summed E-state index contributed by atoms with van der Waals surface area (Å²) in [5, 5.41) is 0. The number of fused-ring (bicyclic) bond motifs is 1. The molecule has 0 saturated heterocycles. The number of aromatic nitrogens is 3. The third-order valence-electron chi connectivity index (χ3n) is 3.46. The number of carbonyl (C=O) groups excluding carboxylic acids is 1. The van der Waals surface area contributed by atoms with Crippen LogP contribution in [-0.4, -0.2) is 27.1 Å². The topological polar surface area (TPSA) is 74.1 Å². The molecule has 0 aliphatic carbocycles. The van der Waals surface area contributed by atoms with Gasteiger partial charge in [-0.25, -0.2) is 14.8 Å². The lowest BCUT2D eigenvalue weighted by molar-refractivity contribution is 0.0525. The second-order valence-corrected chi connectivity index (χ2v) is 4.96. The molecule has 0 fully saturated rings. The van der Waals surface area contributed by atoms with Gasteiger partial charge in [-0.05, 0) is 32.0 Å². The molecular formula is C17H15N3O3. The van der Waals surface area contributed by atoms with Crippen LogP contribution in [0.2, 0.25) is 0 Å². The van der Waals surface area contributed by atoms with Crippen molar-refractivity contribution in [3.63, 3.8) is 0 Å². The molecule has 0 amide bonds. The maximum absolute atomic E-state index is 12.6. The van der Waals surface area contributed by atoms with Crippen LogP contribution in [0.15, 0.2) is 47.5 Å². The van der Waals surface area contributed by atoms with Gasteiger partial charge >= 0.3 is 5.97 Å². The fraction of sp³-hybridized carbons (Fsp3) is 0.176. The molecule has 6 heteroatoms. The SMILES string of the molecule is CCOC(=O)c1cc2ncn(-c3ccccc3)c(=O)c2nc1C. The number of esters is 1. The zero-order valence-electron chi connectivity index (χ0n) is 12.8. The quantitative estimate of drug-likeness (QED) is 0.694. The Morgan fingerprint density at radius 1 is 1.26 bits per heavy atom. The third-order valence-corrected chi connectivity index (χ3v) is 3.46. The monoisotopic (exact) mass is 309 g/mol. The third kappa shape index (κ3) is 2.70. The molecular weight excluding hydrogens is 294 g/mol. The minimum absolute atomic E-state index is 0.224. The van der Waals surface area contributed by atoms with Crippen molar-refractivity contribution in [2.24, 2.45) is 0 Å². The minimum atomic E-state index is -0.464. The van der Waals surface area contributed by atoms with Crippen molar-refractivity contribution < 1.29 is 9.53 Å². The predicted octanol–water partition coefficient (Wildman–Crippen LogP) is 2.27. The number of rotatable bonds is 3. The van der Waals surface area contributed by atoms with Gasteiger partial charge in [0.1, 0.15) is 6.33 Å². The van der Waals surface area contributed by atoms with Crippen LogP contribution in [-0.2, 0) is 4.74 Å². The molecule has 116 valence electrons. The molecule has 0 unspecified atom stereocenters. The molecule has 2 heterocycles. The molecule has 1 aromatic carbocycles. The Kier molecular flexibility index (Phi) is 3.89. The molecule has 0 N–H and O–H groups in total. The van der Waals surface area contributed by atoms with Crippen molar-refractivity contribution in [2.45, 2.75) is 13.8 Å². The molecule has 0 saturated carbocycles. The summed E-state index contributed by atoms with van der Waals surface area (Å²) in [6.45, 7) is 3.68. The molecule has 3 rings (SSSR count). The Morgan fingerprint density at radius 2 is 2.00 bits per heavy atom. The number of pyridine rings is 1. The van der Waals surface area contributed by atoms with Crippen molar-refractivity contribution in [3.05, 3.63) is 64.3 Å². The van der Waals surface area contributed by atoms with Crippen LogP contribution in [0.25, 0.3) is 16.7 Å². The summed E-state index contributed by atoms with van der Waals surface area (Å²) in [6.07, 6.45) is 1.44. The van der Waals surface area contributed by atoms with Crippen LogP contribution < -0.4 is 5.56 Å². The van der Waals surface area contributed by atoms with E-state index < -0.39 is 5.97 Å². The molecule has 6 nitrogen and oxygen atoms in total. The van der Waals surface area contributed by atoms with E-state index in [0.29, 0.717) is 22.5 Å². The summed E-state index contributed by atoms with van der Waals surface area (Å²) < 4.78 is 6.42. The van der Waals surface area contributed by atoms with Gasteiger partial charge in [-0.2, -0.15) is 0 Å². The highest BCUT2D eigenvalue weighted by molar-refractivity contribution is 5.94. The number of nitrogens with zero attached hydrogens (tertiary/aromatic N) is 3. The molecule has 0 bridgehead atoms. The van der Waals surface area contributed by atoms with Crippen molar-refractivity contribution in [1.82, 2.24) is 14.5 Å². The zero-order valence-corrected chi connectivity index (χ0v) is 12.8. The van der Waals surface area contributed by atoms with Gasteiger partial charge in [0.15, 0.2) is 5.52 Å². The van der Waals surface area contributed by atoms with Crippen molar-refractivity contribution in [3.8, 4) is 5.69 Å². The van der Waals surface area contributed by atoms with E-state index in [1.165, 1.54) is 10.9 Å². The summed E-state index contributed by atoms with van der Waals surface area (Å²) in [5.74, 6) is -0.464. The Bertz CT molecular complexity index is 933. The highest BCUT2D eigenvalue weighted by Gasteiger charge is 2.15. The molecule has 0 aliphatic heterocycles. The van der Waals surface area contributed by atoms with Gasteiger partial charge in [0.05, 0.1) is 29.1 Å². The normalized spacial score (nSPS) is 10.7. The first-order chi connectivity index (χ1) is 11.1. The Labute approximate surface area is 132 Å². The second-order valence-electron chi connectivity index (χ2n) is 4.96. The maximum atomic E-state index is 12.6. The van der Waals surface area contributed by atoms with Gasteiger partial charge in [-0.3, -0.25) is 9.36 Å². The highest BCUT2D eigenvalue weighted by atomic mass is 16.5. The summed E-state index contributed by atoms with van der Waals surface area (Å²) in [4.78, 5) is 33.1. The second kappa shape index (κ2) is 6.00. The lowest BCUT2D eigenvalue weighted by atomic mass is 10.2. The number of carbonyl (C=O) groups is 1. The lowest BCUT2D eigenvalue weighted by Crippen LogP contribution is -2.21. The predicted molar refractivity (Wildman–Crippen MR) is 85.8 cm³/mol. The minimum Gasteiger partial charge on any atom is -0.462 e. The van der Waals surface area contributed by atoms with E-state index in [4.69, 9.17) is 4.74 Å². The van der Waals surface area contributed by atoms with Gasteiger partial charge in [-0.1, -0.05) is 18.2 Å². The number of para-hydroxylation sites is 1. The number of benzene rings is 1. The van der Waals surface area contributed by atoms with Crippen LogP contribution in [0, 0.1) is 6.92 Å². The molecule has 0 aliphatic rings. The molecule has 3 aromatic rings. The van der Waals surface area contributed by atoms with E-state index >= 15 is 0 Å². The fourth-order valence-electron chi connectivity index (χ4n) is 2.32. The largest absolute Gasteiger partial charge is 0.462 e. The van der Waals surface area contributed by atoms with Gasteiger partial charge in [0.2, 0.25) is 0 Å². The average Bonchev–Trinajstić information content (AvgIpc) is 2.56. The van der Waals surface area contributed by atoms with E-state index in [1.54, 1.807) is 19.9 Å². The summed E-state index contributed by atoms with van der Waals surface area (Å²) >= 11 is 0. The smallest absolute Gasteiger partial charge is 0.340 e. The summed E-state index contributed by atoms with van der Waals surface area (Å²) in [5.41, 5.74) is 1.79. The Morgan fingerprint density at radius 3 is 2.70 bits per heavy atom. The Balaban J connectivity index is 2.18. The number of aryl methyl sites for hydroxylation is 1. The zero-order chi connectivity index (χ0) is 16.4. The Hall–Kier alpha value is -3.02. The first-order valence-corrected chi connectivity index (χ1v) is 7.23. The number of ether oxygens (including phenoxy) is 1. The van der Waals surface area contributed by atoms with Gasteiger partial charge in [0, 0.05) is 0 Å².